The molecule has 0 radical (unpaired) electrons. The Hall–Kier alpha value is -5.14. The van der Waals surface area contributed by atoms with Gasteiger partial charge in [0.25, 0.3) is 5.69 Å². The Balaban J connectivity index is 1.53. The normalized spacial score (nSPS) is 12.2. The molecule has 39 heavy (non-hydrogen) atoms. The second-order valence-corrected chi connectivity index (χ2v) is 10.4. The van der Waals surface area contributed by atoms with Crippen molar-refractivity contribution in [2.45, 2.75) is 13.8 Å². The number of nitrogens with zero attached hydrogens (tertiary/aromatic N) is 3. The fourth-order valence-electron chi connectivity index (χ4n) is 6.55. The summed E-state index contributed by atoms with van der Waals surface area (Å²) in [7, 11) is 2.13. The molecule has 4 nitrogen and oxygen atoms in total. The van der Waals surface area contributed by atoms with Crippen LogP contribution in [0.2, 0.25) is 0 Å². The van der Waals surface area contributed by atoms with Crippen LogP contribution in [0.1, 0.15) is 16.7 Å². The highest BCUT2D eigenvalue weighted by molar-refractivity contribution is 6.12. The van der Waals surface area contributed by atoms with Gasteiger partial charge in [-0.3, -0.25) is 0 Å². The van der Waals surface area contributed by atoms with Crippen LogP contribution in [0.4, 0.5) is 0 Å². The lowest BCUT2D eigenvalue weighted by molar-refractivity contribution is -0.633. The Labute approximate surface area is 225 Å². The molecule has 0 aliphatic carbocycles. The zero-order valence-electron chi connectivity index (χ0n) is 21.9. The third-order valence-corrected chi connectivity index (χ3v) is 8.43. The zero-order valence-corrected chi connectivity index (χ0v) is 21.9. The van der Waals surface area contributed by atoms with Crippen LogP contribution in [0.5, 0.6) is 11.5 Å². The van der Waals surface area contributed by atoms with E-state index in [1.807, 2.05) is 12.1 Å². The van der Waals surface area contributed by atoms with Gasteiger partial charge in [-0.1, -0.05) is 54.6 Å². The van der Waals surface area contributed by atoms with Crippen molar-refractivity contribution in [3.8, 4) is 34.5 Å². The first-order valence-corrected chi connectivity index (χ1v) is 13.2. The summed E-state index contributed by atoms with van der Waals surface area (Å²) in [5.41, 5.74) is 9.65. The lowest BCUT2D eigenvalue weighted by Gasteiger charge is -2.23. The first-order valence-electron chi connectivity index (χ1n) is 13.2. The molecule has 2 aromatic heterocycles. The molecule has 1 aliphatic heterocycles. The van der Waals surface area contributed by atoms with Crippen LogP contribution in [0.15, 0.2) is 91.0 Å². The third-order valence-electron chi connectivity index (χ3n) is 8.43. The predicted molar refractivity (Wildman–Crippen MR) is 157 cm³/mol. The molecule has 8 rings (SSSR count). The van der Waals surface area contributed by atoms with Crippen LogP contribution in [-0.4, -0.2) is 4.57 Å². The molecule has 0 fully saturated rings. The lowest BCUT2D eigenvalue weighted by Crippen LogP contribution is -2.34. The maximum atomic E-state index is 10.1. The molecule has 5 aromatic carbocycles. The topological polar surface area (TPSA) is 41.8 Å². The van der Waals surface area contributed by atoms with Crippen LogP contribution in [-0.2, 0) is 7.05 Å². The summed E-state index contributed by atoms with van der Waals surface area (Å²) < 4.78 is 11.2. The molecule has 4 heteroatoms. The number of pyridine rings is 1. The van der Waals surface area contributed by atoms with E-state index in [2.05, 4.69) is 115 Å². The van der Waals surface area contributed by atoms with Crippen LogP contribution in [0.3, 0.4) is 0 Å². The number of para-hydroxylation sites is 2. The largest absolute Gasteiger partial charge is 0.450 e. The zero-order chi connectivity index (χ0) is 26.4. The van der Waals surface area contributed by atoms with E-state index >= 15 is 0 Å². The second-order valence-electron chi connectivity index (χ2n) is 10.4. The number of fused-ring (bicyclic) bond motifs is 6. The molecule has 3 heterocycles. The van der Waals surface area contributed by atoms with Gasteiger partial charge in [0, 0.05) is 28.3 Å². The van der Waals surface area contributed by atoms with Gasteiger partial charge in [-0.15, -0.1) is 0 Å². The highest BCUT2D eigenvalue weighted by atomic mass is 16.5. The standard InChI is InChI=1S/C35H24N3O/c1-20-17-22-9-7-16-30-33(22)32(21(20)2)35-31(39-30)18-26-27(37(35)3)14-8-15-29(26)38-28-13-5-4-11-24(28)25-12-6-10-23(19-36)34(25)38/h4-18H,1-3H3/q+1. The van der Waals surface area contributed by atoms with Crippen molar-refractivity contribution in [3.63, 3.8) is 0 Å². The Kier molecular flexibility index (Phi) is 4.32. The van der Waals surface area contributed by atoms with Crippen LogP contribution >= 0.6 is 0 Å². The summed E-state index contributed by atoms with van der Waals surface area (Å²) >= 11 is 0. The minimum absolute atomic E-state index is 0.658. The maximum Gasteiger partial charge on any atom is 0.256 e. The van der Waals surface area contributed by atoms with E-state index in [9.17, 15) is 5.26 Å². The van der Waals surface area contributed by atoms with Gasteiger partial charge in [-0.05, 0) is 54.6 Å². The summed E-state index contributed by atoms with van der Waals surface area (Å²) in [5, 5.41) is 15.7. The van der Waals surface area contributed by atoms with Crippen molar-refractivity contribution in [1.82, 2.24) is 4.57 Å². The quantitative estimate of drug-likeness (QED) is 0.212. The molecule has 0 unspecified atom stereocenters. The maximum absolute atomic E-state index is 10.1. The van der Waals surface area contributed by atoms with E-state index < -0.39 is 0 Å². The van der Waals surface area contributed by atoms with E-state index in [0.717, 1.165) is 55.6 Å². The molecular weight excluding hydrogens is 478 g/mol. The Morgan fingerprint density at radius 1 is 0.795 bits per heavy atom. The van der Waals surface area contributed by atoms with Gasteiger partial charge in [-0.2, -0.15) is 9.83 Å². The number of hydrogen-bond donors (Lipinski definition) is 0. The smallest absolute Gasteiger partial charge is 0.256 e. The molecule has 0 saturated heterocycles. The lowest BCUT2D eigenvalue weighted by atomic mass is 9.90. The van der Waals surface area contributed by atoms with E-state index in [-0.39, 0.29) is 0 Å². The average molecular weight is 503 g/mol. The molecule has 184 valence electrons. The number of nitriles is 1. The van der Waals surface area contributed by atoms with Gasteiger partial charge in [0.1, 0.15) is 18.9 Å². The highest BCUT2D eigenvalue weighted by Crippen LogP contribution is 2.48. The SMILES string of the molecule is Cc1cc2cccc3c2c(c1C)-c1c(cc2c(-n4c5ccccc5c5cccc(C#N)c54)cccc2[n+]1C)O3. The van der Waals surface area contributed by atoms with Crippen molar-refractivity contribution in [2.24, 2.45) is 7.05 Å². The summed E-state index contributed by atoms with van der Waals surface area (Å²) in [6.07, 6.45) is 0. The number of aryl methyl sites for hydroxylation is 2. The van der Waals surface area contributed by atoms with E-state index in [0.29, 0.717) is 5.56 Å². The molecule has 7 aromatic rings. The van der Waals surface area contributed by atoms with Gasteiger partial charge >= 0.3 is 0 Å². The van der Waals surface area contributed by atoms with Crippen molar-refractivity contribution >= 4 is 43.5 Å². The van der Waals surface area contributed by atoms with Crippen molar-refractivity contribution in [3.05, 3.63) is 108 Å². The molecule has 0 atom stereocenters. The van der Waals surface area contributed by atoms with Crippen LogP contribution in [0, 0.1) is 25.2 Å². The summed E-state index contributed by atoms with van der Waals surface area (Å²) in [5.74, 6) is 1.73. The summed E-state index contributed by atoms with van der Waals surface area (Å²) in [4.78, 5) is 0. The second kappa shape index (κ2) is 7.69. The fourth-order valence-corrected chi connectivity index (χ4v) is 6.55. The predicted octanol–water partition coefficient (Wildman–Crippen LogP) is 8.18. The van der Waals surface area contributed by atoms with Gasteiger partial charge in [0.15, 0.2) is 5.75 Å². The molecule has 0 saturated carbocycles. The van der Waals surface area contributed by atoms with Gasteiger partial charge in [0.05, 0.1) is 33.2 Å². The van der Waals surface area contributed by atoms with Gasteiger partial charge < -0.3 is 9.30 Å². The van der Waals surface area contributed by atoms with Crippen molar-refractivity contribution < 1.29 is 9.30 Å². The Morgan fingerprint density at radius 2 is 1.59 bits per heavy atom. The molecule has 0 bridgehead atoms. The minimum Gasteiger partial charge on any atom is -0.450 e. The molecule has 0 N–H and O–H groups in total. The number of ether oxygens (including phenoxy) is 1. The fraction of sp³-hybridized carbons (Fsp3) is 0.0857. The highest BCUT2D eigenvalue weighted by Gasteiger charge is 2.32. The van der Waals surface area contributed by atoms with E-state index in [1.54, 1.807) is 0 Å². The number of rotatable bonds is 1. The molecule has 0 amide bonds. The third kappa shape index (κ3) is 2.79. The number of benzene rings is 5. The monoisotopic (exact) mass is 502 g/mol. The molecule has 1 aliphatic rings. The van der Waals surface area contributed by atoms with Crippen molar-refractivity contribution in [2.75, 3.05) is 0 Å². The van der Waals surface area contributed by atoms with Gasteiger partial charge in [-0.25, -0.2) is 0 Å². The molecular formula is C35H24N3O+. The average Bonchev–Trinajstić information content (AvgIpc) is 3.30. The Bertz CT molecular complexity index is 2250. The first-order chi connectivity index (χ1) is 19.1. The van der Waals surface area contributed by atoms with Crippen LogP contribution < -0.4 is 9.30 Å². The van der Waals surface area contributed by atoms with Crippen LogP contribution in [0.25, 0.3) is 60.4 Å². The summed E-state index contributed by atoms with van der Waals surface area (Å²) in [6, 6.07) is 33.9. The Morgan fingerprint density at radius 3 is 2.46 bits per heavy atom. The number of aromatic nitrogens is 2. The van der Waals surface area contributed by atoms with E-state index in [4.69, 9.17) is 4.74 Å². The minimum atomic E-state index is 0.658. The first kappa shape index (κ1) is 21.9. The van der Waals surface area contributed by atoms with Crippen molar-refractivity contribution in [1.29, 1.82) is 5.26 Å². The van der Waals surface area contributed by atoms with Gasteiger partial charge in [0.2, 0.25) is 5.52 Å². The van der Waals surface area contributed by atoms with E-state index in [1.165, 1.54) is 27.5 Å². The summed E-state index contributed by atoms with van der Waals surface area (Å²) in [6.45, 7) is 4.39. The molecule has 0 spiro atoms. The number of hydrogen-bond acceptors (Lipinski definition) is 2.